The van der Waals surface area contributed by atoms with Gasteiger partial charge in [0.2, 0.25) is 0 Å². The van der Waals surface area contributed by atoms with E-state index in [1.165, 1.54) is 38.5 Å². The second kappa shape index (κ2) is 11.0. The van der Waals surface area contributed by atoms with Crippen LogP contribution in [0.1, 0.15) is 78.1 Å². The van der Waals surface area contributed by atoms with Crippen LogP contribution in [0, 0.1) is 5.41 Å². The first-order valence-corrected chi connectivity index (χ1v) is 7.46. The molecular formula is C15H32O2. The predicted octanol–water partition coefficient (Wildman–Crippen LogP) is 3.90. The number of hydrogen-bond donors (Lipinski definition) is 2. The monoisotopic (exact) mass is 244 g/mol. The molecule has 2 heteroatoms. The molecule has 0 amide bonds. The fraction of sp³-hybridized carbons (Fsp3) is 1.00. The molecule has 0 saturated carbocycles. The van der Waals surface area contributed by atoms with Gasteiger partial charge in [0.1, 0.15) is 0 Å². The minimum absolute atomic E-state index is 0.305. The lowest BCUT2D eigenvalue weighted by Crippen LogP contribution is -2.22. The van der Waals surface area contributed by atoms with E-state index in [4.69, 9.17) is 10.2 Å². The van der Waals surface area contributed by atoms with Crippen molar-refractivity contribution in [3.63, 3.8) is 0 Å². The fourth-order valence-electron chi connectivity index (χ4n) is 2.76. The third-order valence-electron chi connectivity index (χ3n) is 3.85. The number of aliphatic hydroxyl groups excluding tert-OH is 2. The first-order chi connectivity index (χ1) is 8.24. The van der Waals surface area contributed by atoms with E-state index in [2.05, 4.69) is 13.8 Å². The average molecular weight is 244 g/mol. The fourth-order valence-corrected chi connectivity index (χ4v) is 2.76. The second-order valence-electron chi connectivity index (χ2n) is 5.36. The second-order valence-corrected chi connectivity index (χ2v) is 5.36. The summed E-state index contributed by atoms with van der Waals surface area (Å²) in [6.07, 6.45) is 11.7. The van der Waals surface area contributed by atoms with Gasteiger partial charge in [-0.3, -0.25) is 0 Å². The molecule has 0 rings (SSSR count). The van der Waals surface area contributed by atoms with Crippen LogP contribution in [-0.2, 0) is 0 Å². The van der Waals surface area contributed by atoms with E-state index in [0.29, 0.717) is 18.6 Å². The van der Waals surface area contributed by atoms with E-state index >= 15 is 0 Å². The zero-order valence-electron chi connectivity index (χ0n) is 11.9. The minimum atomic E-state index is 0.305. The van der Waals surface area contributed by atoms with E-state index in [1.54, 1.807) is 0 Å². The molecule has 0 aromatic heterocycles. The van der Waals surface area contributed by atoms with Crippen LogP contribution in [0.3, 0.4) is 0 Å². The number of rotatable bonds is 12. The Hall–Kier alpha value is -0.0800. The van der Waals surface area contributed by atoms with Crippen LogP contribution in [0.5, 0.6) is 0 Å². The summed E-state index contributed by atoms with van der Waals surface area (Å²) in [6, 6.07) is 0. The summed E-state index contributed by atoms with van der Waals surface area (Å²) in [4.78, 5) is 0. The molecule has 0 fully saturated rings. The smallest absolute Gasteiger partial charge is 0.0431 e. The minimum Gasteiger partial charge on any atom is -0.396 e. The summed E-state index contributed by atoms with van der Waals surface area (Å²) >= 11 is 0. The highest BCUT2D eigenvalue weighted by atomic mass is 16.3. The Morgan fingerprint density at radius 1 is 0.647 bits per heavy atom. The van der Waals surface area contributed by atoms with Crippen LogP contribution in [0.4, 0.5) is 0 Å². The highest BCUT2D eigenvalue weighted by Gasteiger charge is 2.27. The van der Waals surface area contributed by atoms with Crippen LogP contribution in [0.2, 0.25) is 0 Å². The average Bonchev–Trinajstić information content (AvgIpc) is 2.37. The molecule has 0 aliphatic heterocycles. The third-order valence-corrected chi connectivity index (χ3v) is 3.85. The summed E-state index contributed by atoms with van der Waals surface area (Å²) in [5, 5.41) is 18.1. The molecule has 2 nitrogen and oxygen atoms in total. The SMILES string of the molecule is CCCCC(CCCC)(CCCO)CCCO. The first kappa shape index (κ1) is 16.9. The van der Waals surface area contributed by atoms with Crippen molar-refractivity contribution in [2.24, 2.45) is 5.41 Å². The van der Waals surface area contributed by atoms with Gasteiger partial charge in [-0.15, -0.1) is 0 Å². The number of unbranched alkanes of at least 4 members (excludes halogenated alkanes) is 2. The van der Waals surface area contributed by atoms with Gasteiger partial charge in [-0.1, -0.05) is 39.5 Å². The van der Waals surface area contributed by atoms with Gasteiger partial charge in [0.05, 0.1) is 0 Å². The van der Waals surface area contributed by atoms with Crippen molar-refractivity contribution in [2.75, 3.05) is 13.2 Å². The Morgan fingerprint density at radius 3 is 1.29 bits per heavy atom. The molecule has 0 heterocycles. The van der Waals surface area contributed by atoms with E-state index < -0.39 is 0 Å². The maximum atomic E-state index is 9.06. The quantitative estimate of drug-likeness (QED) is 0.546. The van der Waals surface area contributed by atoms with Crippen LogP contribution in [0.15, 0.2) is 0 Å². The standard InChI is InChI=1S/C15H32O2/c1-3-5-9-15(10-6-4-2,11-7-13-16)12-8-14-17/h16-17H,3-14H2,1-2H3. The van der Waals surface area contributed by atoms with Gasteiger partial charge in [0, 0.05) is 13.2 Å². The van der Waals surface area contributed by atoms with Gasteiger partial charge in [0.25, 0.3) is 0 Å². The summed E-state index contributed by atoms with van der Waals surface area (Å²) in [5.74, 6) is 0. The van der Waals surface area contributed by atoms with Crippen LogP contribution < -0.4 is 0 Å². The molecule has 0 radical (unpaired) electrons. The van der Waals surface area contributed by atoms with E-state index in [1.807, 2.05) is 0 Å². The summed E-state index contributed by atoms with van der Waals surface area (Å²) < 4.78 is 0. The van der Waals surface area contributed by atoms with Gasteiger partial charge in [-0.2, -0.15) is 0 Å². The van der Waals surface area contributed by atoms with E-state index in [9.17, 15) is 0 Å². The van der Waals surface area contributed by atoms with Crippen molar-refractivity contribution in [1.82, 2.24) is 0 Å². The van der Waals surface area contributed by atoms with E-state index in [-0.39, 0.29) is 0 Å². The van der Waals surface area contributed by atoms with Crippen molar-refractivity contribution in [1.29, 1.82) is 0 Å². The summed E-state index contributed by atoms with van der Waals surface area (Å²) in [6.45, 7) is 5.09. The maximum absolute atomic E-state index is 9.06. The molecule has 0 aromatic carbocycles. The zero-order chi connectivity index (χ0) is 13.0. The van der Waals surface area contributed by atoms with Gasteiger partial charge in [0.15, 0.2) is 0 Å². The molecule has 0 atom stereocenters. The Morgan fingerprint density at radius 2 is 1.00 bits per heavy atom. The van der Waals surface area contributed by atoms with Crippen LogP contribution in [0.25, 0.3) is 0 Å². The van der Waals surface area contributed by atoms with Crippen molar-refractivity contribution < 1.29 is 10.2 Å². The molecule has 0 bridgehead atoms. The van der Waals surface area contributed by atoms with Crippen molar-refractivity contribution >= 4 is 0 Å². The number of hydrogen-bond acceptors (Lipinski definition) is 2. The predicted molar refractivity (Wildman–Crippen MR) is 74.1 cm³/mol. The molecule has 2 N–H and O–H groups in total. The zero-order valence-corrected chi connectivity index (χ0v) is 11.9. The maximum Gasteiger partial charge on any atom is 0.0431 e. The summed E-state index contributed by atoms with van der Waals surface area (Å²) in [5.41, 5.74) is 0.386. The molecule has 0 spiro atoms. The van der Waals surface area contributed by atoms with E-state index in [0.717, 1.165) is 25.7 Å². The number of aliphatic hydroxyl groups is 2. The highest BCUT2D eigenvalue weighted by Crippen LogP contribution is 2.40. The molecule has 0 aliphatic rings. The topological polar surface area (TPSA) is 40.5 Å². The Labute approximate surface area is 107 Å². The van der Waals surface area contributed by atoms with Gasteiger partial charge >= 0.3 is 0 Å². The first-order valence-electron chi connectivity index (χ1n) is 7.46. The Kier molecular flexibility index (Phi) is 11.0. The molecule has 0 aromatic rings. The van der Waals surface area contributed by atoms with Gasteiger partial charge < -0.3 is 10.2 Å². The molecule has 0 saturated heterocycles. The summed E-state index contributed by atoms with van der Waals surface area (Å²) in [7, 11) is 0. The molecule has 0 aliphatic carbocycles. The van der Waals surface area contributed by atoms with Gasteiger partial charge in [-0.05, 0) is 43.9 Å². The molecule has 0 unspecified atom stereocenters. The van der Waals surface area contributed by atoms with Crippen molar-refractivity contribution in [3.05, 3.63) is 0 Å². The largest absolute Gasteiger partial charge is 0.396 e. The van der Waals surface area contributed by atoms with Crippen molar-refractivity contribution in [3.8, 4) is 0 Å². The Balaban J connectivity index is 4.39. The van der Waals surface area contributed by atoms with Gasteiger partial charge in [-0.25, -0.2) is 0 Å². The lowest BCUT2D eigenvalue weighted by Gasteiger charge is -2.34. The molecule has 17 heavy (non-hydrogen) atoms. The lowest BCUT2D eigenvalue weighted by molar-refractivity contribution is 0.145. The van der Waals surface area contributed by atoms with Crippen LogP contribution in [-0.4, -0.2) is 23.4 Å². The molecular weight excluding hydrogens is 212 g/mol. The highest BCUT2D eigenvalue weighted by molar-refractivity contribution is 4.79. The Bertz CT molecular complexity index is 119. The van der Waals surface area contributed by atoms with Crippen molar-refractivity contribution in [2.45, 2.75) is 78.1 Å². The molecule has 104 valence electrons. The lowest BCUT2D eigenvalue weighted by atomic mass is 9.71. The third kappa shape index (κ3) is 7.77. The normalized spacial score (nSPS) is 12.0. The van der Waals surface area contributed by atoms with Crippen LogP contribution >= 0.6 is 0 Å².